The van der Waals surface area contributed by atoms with Gasteiger partial charge in [0.05, 0.1) is 11.5 Å². The summed E-state index contributed by atoms with van der Waals surface area (Å²) >= 11 is 0. The van der Waals surface area contributed by atoms with Crippen LogP contribution in [-0.4, -0.2) is 42.1 Å². The molecule has 1 saturated heterocycles. The van der Waals surface area contributed by atoms with Gasteiger partial charge in [0.2, 0.25) is 0 Å². The van der Waals surface area contributed by atoms with Gasteiger partial charge in [0.25, 0.3) is 0 Å². The Morgan fingerprint density at radius 2 is 2.35 bits per heavy atom. The van der Waals surface area contributed by atoms with Gasteiger partial charge in [-0.3, -0.25) is 0 Å². The molecule has 1 aromatic rings. The van der Waals surface area contributed by atoms with Crippen molar-refractivity contribution in [1.29, 1.82) is 0 Å². The second-order valence-corrected chi connectivity index (χ2v) is 8.04. The van der Waals surface area contributed by atoms with E-state index in [-0.39, 0.29) is 0 Å². The maximum atomic E-state index is 11.6. The maximum absolute atomic E-state index is 11.6. The number of imidazole rings is 1. The normalized spacial score (nSPS) is 23.0. The van der Waals surface area contributed by atoms with Crippen molar-refractivity contribution in [3.63, 3.8) is 0 Å². The number of nitrogens with one attached hydrogen (secondary N) is 1. The highest BCUT2D eigenvalue weighted by Gasteiger charge is 2.29. The largest absolute Gasteiger partial charge is 0.338 e. The molecule has 2 atom stereocenters. The van der Waals surface area contributed by atoms with Gasteiger partial charge in [-0.2, -0.15) is 0 Å². The molecule has 2 heterocycles. The highest BCUT2D eigenvalue weighted by molar-refractivity contribution is 7.91. The lowest BCUT2D eigenvalue weighted by Crippen LogP contribution is -2.34. The Bertz CT molecular complexity index is 524. The van der Waals surface area contributed by atoms with E-state index in [2.05, 4.69) is 17.2 Å². The van der Waals surface area contributed by atoms with Gasteiger partial charge in [-0.15, -0.1) is 0 Å². The van der Waals surface area contributed by atoms with E-state index in [1.54, 1.807) is 0 Å². The van der Waals surface area contributed by atoms with Crippen LogP contribution in [0.3, 0.4) is 0 Å². The van der Waals surface area contributed by atoms with E-state index in [0.29, 0.717) is 23.5 Å². The predicted molar refractivity (Wildman–Crippen MR) is 80.4 cm³/mol. The predicted octanol–water partition coefficient (Wildman–Crippen LogP) is 1.16. The zero-order valence-electron chi connectivity index (χ0n) is 12.4. The molecular formula is C14H25N3O2S. The van der Waals surface area contributed by atoms with Gasteiger partial charge in [-0.05, 0) is 31.7 Å². The number of nitrogens with zero attached hydrogens (tertiary/aromatic N) is 2. The zero-order chi connectivity index (χ0) is 14.6. The minimum Gasteiger partial charge on any atom is -0.338 e. The summed E-state index contributed by atoms with van der Waals surface area (Å²) in [4.78, 5) is 4.37. The van der Waals surface area contributed by atoms with E-state index in [4.69, 9.17) is 0 Å². The maximum Gasteiger partial charge on any atom is 0.150 e. The first kappa shape index (κ1) is 15.5. The quantitative estimate of drug-likeness (QED) is 0.820. The number of hydrogen-bond donors (Lipinski definition) is 1. The molecular weight excluding hydrogens is 274 g/mol. The summed E-state index contributed by atoms with van der Waals surface area (Å²) in [7, 11) is -0.781. The van der Waals surface area contributed by atoms with E-state index in [1.165, 1.54) is 0 Å². The fourth-order valence-electron chi connectivity index (χ4n) is 2.86. The molecule has 20 heavy (non-hydrogen) atoms. The third-order valence-electron chi connectivity index (χ3n) is 3.98. The summed E-state index contributed by atoms with van der Waals surface area (Å²) in [6, 6.07) is 0.314. The van der Waals surface area contributed by atoms with Crippen LogP contribution in [-0.2, 0) is 23.3 Å². The molecule has 1 aromatic heterocycles. The SMILES string of the molecule is CCCNC(Cc1nccn1C)CC1CCS(=O)(=O)C1. The highest BCUT2D eigenvalue weighted by Crippen LogP contribution is 2.23. The Kier molecular flexibility index (Phi) is 5.21. The van der Waals surface area contributed by atoms with Gasteiger partial charge < -0.3 is 9.88 Å². The Balaban J connectivity index is 1.95. The summed E-state index contributed by atoms with van der Waals surface area (Å²) in [5.74, 6) is 2.08. The smallest absolute Gasteiger partial charge is 0.150 e. The first-order valence-electron chi connectivity index (χ1n) is 7.40. The Hall–Kier alpha value is -0.880. The van der Waals surface area contributed by atoms with Gasteiger partial charge >= 0.3 is 0 Å². The minimum atomic E-state index is -2.78. The standard InChI is InChI=1S/C14H25N3O2S/c1-3-5-15-13(10-14-16-6-7-17(14)2)9-12-4-8-20(18,19)11-12/h6-7,12-13,15H,3-5,8-11H2,1-2H3. The van der Waals surface area contributed by atoms with Crippen LogP contribution in [0.5, 0.6) is 0 Å². The lowest BCUT2D eigenvalue weighted by atomic mass is 9.97. The van der Waals surface area contributed by atoms with E-state index in [1.807, 2.05) is 24.0 Å². The van der Waals surface area contributed by atoms with Gasteiger partial charge in [-0.1, -0.05) is 6.92 Å². The molecule has 114 valence electrons. The van der Waals surface area contributed by atoms with Crippen LogP contribution in [0.2, 0.25) is 0 Å². The van der Waals surface area contributed by atoms with Crippen LogP contribution in [0.4, 0.5) is 0 Å². The lowest BCUT2D eigenvalue weighted by Gasteiger charge is -2.21. The monoisotopic (exact) mass is 299 g/mol. The molecule has 0 bridgehead atoms. The third kappa shape index (κ3) is 4.31. The number of sulfone groups is 1. The molecule has 2 rings (SSSR count). The summed E-state index contributed by atoms with van der Waals surface area (Å²) in [5.41, 5.74) is 0. The lowest BCUT2D eigenvalue weighted by molar-refractivity contribution is 0.395. The van der Waals surface area contributed by atoms with Crippen molar-refractivity contribution >= 4 is 9.84 Å². The second kappa shape index (κ2) is 6.72. The van der Waals surface area contributed by atoms with Crippen LogP contribution in [0.15, 0.2) is 12.4 Å². The Labute approximate surface area is 121 Å². The van der Waals surface area contributed by atoms with Gasteiger partial charge in [0, 0.05) is 31.9 Å². The number of hydrogen-bond acceptors (Lipinski definition) is 4. The van der Waals surface area contributed by atoms with Crippen LogP contribution < -0.4 is 5.32 Å². The molecule has 1 aliphatic rings. The first-order chi connectivity index (χ1) is 9.50. The van der Waals surface area contributed by atoms with Crippen LogP contribution in [0.25, 0.3) is 0 Å². The van der Waals surface area contributed by atoms with E-state index in [9.17, 15) is 8.42 Å². The summed E-state index contributed by atoms with van der Waals surface area (Å²) < 4.78 is 25.2. The van der Waals surface area contributed by atoms with Gasteiger partial charge in [0.15, 0.2) is 9.84 Å². The van der Waals surface area contributed by atoms with Crippen molar-refractivity contribution in [2.45, 2.75) is 38.6 Å². The van der Waals surface area contributed by atoms with Crippen molar-refractivity contribution in [3.8, 4) is 0 Å². The minimum absolute atomic E-state index is 0.301. The van der Waals surface area contributed by atoms with E-state index >= 15 is 0 Å². The molecule has 1 aliphatic heterocycles. The van der Waals surface area contributed by atoms with Crippen LogP contribution in [0, 0.1) is 5.92 Å². The zero-order valence-corrected chi connectivity index (χ0v) is 13.2. The Morgan fingerprint density at radius 3 is 2.90 bits per heavy atom. The molecule has 0 aliphatic carbocycles. The summed E-state index contributed by atoms with van der Waals surface area (Å²) in [6.07, 6.45) is 7.44. The molecule has 6 heteroatoms. The van der Waals surface area contributed by atoms with Crippen molar-refractivity contribution < 1.29 is 8.42 Å². The van der Waals surface area contributed by atoms with Crippen molar-refractivity contribution in [2.24, 2.45) is 13.0 Å². The Morgan fingerprint density at radius 1 is 1.55 bits per heavy atom. The van der Waals surface area contributed by atoms with Crippen molar-refractivity contribution in [1.82, 2.24) is 14.9 Å². The number of aromatic nitrogens is 2. The molecule has 1 fully saturated rings. The highest BCUT2D eigenvalue weighted by atomic mass is 32.2. The summed E-state index contributed by atoms with van der Waals surface area (Å²) in [5, 5.41) is 3.54. The molecule has 0 amide bonds. The topological polar surface area (TPSA) is 64.0 Å². The summed E-state index contributed by atoms with van der Waals surface area (Å²) in [6.45, 7) is 3.11. The molecule has 0 spiro atoms. The average molecular weight is 299 g/mol. The van der Waals surface area contributed by atoms with Gasteiger partial charge in [0.1, 0.15) is 5.82 Å². The molecule has 0 saturated carbocycles. The molecule has 0 aromatic carbocycles. The van der Waals surface area contributed by atoms with E-state index in [0.717, 1.165) is 38.1 Å². The first-order valence-corrected chi connectivity index (χ1v) is 9.22. The molecule has 2 unspecified atom stereocenters. The van der Waals surface area contributed by atoms with Crippen molar-refractivity contribution in [3.05, 3.63) is 18.2 Å². The fourth-order valence-corrected chi connectivity index (χ4v) is 4.74. The molecule has 1 N–H and O–H groups in total. The molecule has 5 nitrogen and oxygen atoms in total. The van der Waals surface area contributed by atoms with Crippen LogP contribution >= 0.6 is 0 Å². The van der Waals surface area contributed by atoms with E-state index < -0.39 is 9.84 Å². The van der Waals surface area contributed by atoms with Crippen molar-refractivity contribution in [2.75, 3.05) is 18.1 Å². The average Bonchev–Trinajstić information content (AvgIpc) is 2.93. The second-order valence-electron chi connectivity index (χ2n) is 5.81. The number of aryl methyl sites for hydroxylation is 1. The third-order valence-corrected chi connectivity index (χ3v) is 5.81. The van der Waals surface area contributed by atoms with Gasteiger partial charge in [-0.25, -0.2) is 13.4 Å². The fraction of sp³-hybridized carbons (Fsp3) is 0.786. The number of rotatable bonds is 7. The van der Waals surface area contributed by atoms with Crippen LogP contribution in [0.1, 0.15) is 32.0 Å². The molecule has 0 radical (unpaired) electrons.